The monoisotopic (exact) mass is 348 g/mol. The lowest BCUT2D eigenvalue weighted by Gasteiger charge is -2.09. The van der Waals surface area contributed by atoms with Crippen LogP contribution in [-0.2, 0) is 13.7 Å². The van der Waals surface area contributed by atoms with Crippen molar-refractivity contribution in [3.8, 4) is 17.2 Å². The minimum absolute atomic E-state index is 0.334. The minimum Gasteiger partial charge on any atom is -0.487 e. The number of hydrogen-bond acceptors (Lipinski definition) is 5. The van der Waals surface area contributed by atoms with Crippen molar-refractivity contribution < 1.29 is 9.47 Å². The molecule has 0 unspecified atom stereocenters. The number of nitrogens with zero attached hydrogens (tertiary/aromatic N) is 2. The molecule has 1 aromatic heterocycles. The van der Waals surface area contributed by atoms with E-state index in [2.05, 4.69) is 5.10 Å². The van der Waals surface area contributed by atoms with Crippen molar-refractivity contribution in [2.24, 2.45) is 7.05 Å². The maximum absolute atomic E-state index is 7.84. The number of nitrogens with one attached hydrogen (secondary N) is 2. The largest absolute Gasteiger partial charge is 0.487 e. The topological polar surface area (TPSA) is 84.0 Å². The highest BCUT2D eigenvalue weighted by molar-refractivity contribution is 6.04. The van der Waals surface area contributed by atoms with Crippen LogP contribution in [0, 0.1) is 10.8 Å². The van der Waals surface area contributed by atoms with Crippen LogP contribution in [0.3, 0.4) is 0 Å². The maximum Gasteiger partial charge on any atom is 0.130 e. The third-order valence-corrected chi connectivity index (χ3v) is 3.88. The molecule has 3 rings (SSSR count). The first-order valence-electron chi connectivity index (χ1n) is 8.20. The smallest absolute Gasteiger partial charge is 0.130 e. The Bertz CT molecular complexity index is 883. The molecule has 2 N–H and O–H groups in total. The zero-order valence-corrected chi connectivity index (χ0v) is 14.5. The van der Waals surface area contributed by atoms with Gasteiger partial charge in [-0.1, -0.05) is 0 Å². The fourth-order valence-electron chi connectivity index (χ4n) is 2.38. The zero-order chi connectivity index (χ0) is 18.4. The predicted octanol–water partition coefficient (Wildman–Crippen LogP) is 4.20. The van der Waals surface area contributed by atoms with E-state index >= 15 is 0 Å². The number of ether oxygens (including phenoxy) is 2. The first-order valence-corrected chi connectivity index (χ1v) is 8.20. The normalized spacial score (nSPS) is 10.3. The van der Waals surface area contributed by atoms with Gasteiger partial charge in [-0.2, -0.15) is 5.10 Å². The average molecular weight is 348 g/mol. The molecule has 0 saturated carbocycles. The molecular formula is C20H20N4O2. The van der Waals surface area contributed by atoms with Crippen LogP contribution < -0.4 is 9.47 Å². The van der Waals surface area contributed by atoms with E-state index < -0.39 is 0 Å². The molecule has 1 heterocycles. The summed E-state index contributed by atoms with van der Waals surface area (Å²) in [7, 11) is 1.88. The minimum atomic E-state index is 0.334. The highest BCUT2D eigenvalue weighted by Crippen LogP contribution is 2.24. The Kier molecular flexibility index (Phi) is 5.43. The summed E-state index contributed by atoms with van der Waals surface area (Å²) in [4.78, 5) is 0. The summed E-state index contributed by atoms with van der Waals surface area (Å²) in [5.74, 6) is 2.16. The third kappa shape index (κ3) is 4.36. The Morgan fingerprint density at radius 2 is 1.62 bits per heavy atom. The van der Waals surface area contributed by atoms with E-state index in [0.717, 1.165) is 17.0 Å². The maximum atomic E-state index is 7.84. The van der Waals surface area contributed by atoms with E-state index in [-0.39, 0.29) is 0 Å². The molecular weight excluding hydrogens is 328 g/mol. The Morgan fingerprint density at radius 1 is 1.00 bits per heavy atom. The van der Waals surface area contributed by atoms with E-state index in [4.69, 9.17) is 20.3 Å². The van der Waals surface area contributed by atoms with Gasteiger partial charge in [-0.05, 0) is 60.2 Å². The molecule has 0 radical (unpaired) electrons. The molecule has 0 aliphatic carbocycles. The Labute approximate surface area is 152 Å². The van der Waals surface area contributed by atoms with Crippen LogP contribution in [0.5, 0.6) is 17.2 Å². The summed E-state index contributed by atoms with van der Waals surface area (Å²) in [6, 6.07) is 16.6. The summed E-state index contributed by atoms with van der Waals surface area (Å²) in [5, 5.41) is 19.0. The lowest BCUT2D eigenvalue weighted by Crippen LogP contribution is -2.02. The van der Waals surface area contributed by atoms with Crippen LogP contribution in [-0.4, -0.2) is 21.7 Å². The second kappa shape index (κ2) is 8.11. The molecule has 0 aliphatic rings. The fraction of sp³-hybridized carbons (Fsp3) is 0.150. The summed E-state index contributed by atoms with van der Waals surface area (Å²) < 4.78 is 13.3. The van der Waals surface area contributed by atoms with E-state index in [1.54, 1.807) is 10.9 Å². The van der Waals surface area contributed by atoms with Crippen molar-refractivity contribution in [2.75, 3.05) is 0 Å². The Hall–Kier alpha value is -3.41. The summed E-state index contributed by atoms with van der Waals surface area (Å²) in [6.45, 7) is 0.458. The molecule has 0 bridgehead atoms. The highest BCUT2D eigenvalue weighted by Gasteiger charge is 2.03. The fourth-order valence-corrected chi connectivity index (χ4v) is 2.38. The van der Waals surface area contributed by atoms with Crippen LogP contribution in [0.4, 0.5) is 0 Å². The van der Waals surface area contributed by atoms with Crippen molar-refractivity contribution in [1.29, 1.82) is 10.8 Å². The van der Waals surface area contributed by atoms with Crippen molar-refractivity contribution >= 4 is 11.9 Å². The predicted molar refractivity (Wildman–Crippen MR) is 101 cm³/mol. The Balaban J connectivity index is 1.57. The van der Waals surface area contributed by atoms with Gasteiger partial charge in [0, 0.05) is 31.6 Å². The van der Waals surface area contributed by atoms with Gasteiger partial charge in [-0.3, -0.25) is 4.68 Å². The van der Waals surface area contributed by atoms with E-state index in [9.17, 15) is 0 Å². The van der Waals surface area contributed by atoms with Gasteiger partial charge in [0.05, 0.1) is 5.69 Å². The molecule has 132 valence electrons. The molecule has 0 amide bonds. The first-order chi connectivity index (χ1) is 12.7. The molecule has 3 aromatic rings. The third-order valence-electron chi connectivity index (χ3n) is 3.88. The molecule has 6 nitrogen and oxygen atoms in total. The second-order valence-electron chi connectivity index (χ2n) is 5.72. The number of rotatable bonds is 8. The van der Waals surface area contributed by atoms with Gasteiger partial charge >= 0.3 is 0 Å². The summed E-state index contributed by atoms with van der Waals surface area (Å²) >= 11 is 0. The number of hydrogen-bond donors (Lipinski definition) is 2. The highest BCUT2D eigenvalue weighted by atomic mass is 16.5. The number of aromatic nitrogens is 2. The van der Waals surface area contributed by atoms with Crippen molar-refractivity contribution in [2.45, 2.75) is 13.0 Å². The van der Waals surface area contributed by atoms with Gasteiger partial charge in [0.1, 0.15) is 23.9 Å². The quantitative estimate of drug-likeness (QED) is 0.598. The number of benzene rings is 2. The standard InChI is InChI=1S/C20H20N4O2/c1-24-16(11-13-23-24)14-25-17-6-8-19(9-7-17)26-18-4-2-15(3-5-18)20(22)10-12-21/h2-9,11-13,21-22H,10,14H2,1H3. The van der Waals surface area contributed by atoms with E-state index in [1.807, 2.05) is 61.6 Å². The van der Waals surface area contributed by atoms with Crippen LogP contribution in [0.1, 0.15) is 17.7 Å². The van der Waals surface area contributed by atoms with Crippen molar-refractivity contribution in [1.82, 2.24) is 9.78 Å². The zero-order valence-electron chi connectivity index (χ0n) is 14.5. The van der Waals surface area contributed by atoms with Crippen LogP contribution in [0.2, 0.25) is 0 Å². The van der Waals surface area contributed by atoms with Crippen LogP contribution in [0.15, 0.2) is 60.8 Å². The molecule has 6 heteroatoms. The molecule has 2 aromatic carbocycles. The molecule has 0 spiro atoms. The molecule has 0 atom stereocenters. The molecule has 0 fully saturated rings. The van der Waals surface area contributed by atoms with Gasteiger partial charge in [0.15, 0.2) is 0 Å². The second-order valence-corrected chi connectivity index (χ2v) is 5.72. The van der Waals surface area contributed by atoms with Gasteiger partial charge in [-0.25, -0.2) is 0 Å². The first kappa shape index (κ1) is 17.4. The van der Waals surface area contributed by atoms with E-state index in [1.165, 1.54) is 6.21 Å². The molecule has 0 aliphatic heterocycles. The summed E-state index contributed by atoms with van der Waals surface area (Å²) in [5.41, 5.74) is 2.21. The number of aryl methyl sites for hydroxylation is 1. The van der Waals surface area contributed by atoms with Crippen LogP contribution >= 0.6 is 0 Å². The van der Waals surface area contributed by atoms with E-state index in [0.29, 0.717) is 30.2 Å². The lowest BCUT2D eigenvalue weighted by molar-refractivity contribution is 0.294. The van der Waals surface area contributed by atoms with Gasteiger partial charge in [-0.15, -0.1) is 0 Å². The van der Waals surface area contributed by atoms with Gasteiger partial charge in [0.2, 0.25) is 0 Å². The van der Waals surface area contributed by atoms with Crippen molar-refractivity contribution in [3.63, 3.8) is 0 Å². The Morgan fingerprint density at radius 3 is 2.19 bits per heavy atom. The van der Waals surface area contributed by atoms with Crippen LogP contribution in [0.25, 0.3) is 0 Å². The average Bonchev–Trinajstić information content (AvgIpc) is 3.07. The summed E-state index contributed by atoms with van der Waals surface area (Å²) in [6.07, 6.45) is 3.30. The SMILES string of the molecule is Cn1nccc1COc1ccc(Oc2ccc(C(=N)CC=N)cc2)cc1. The van der Waals surface area contributed by atoms with Crippen molar-refractivity contribution in [3.05, 3.63) is 72.1 Å². The lowest BCUT2D eigenvalue weighted by atomic mass is 10.1. The molecule has 26 heavy (non-hydrogen) atoms. The van der Waals surface area contributed by atoms with Gasteiger partial charge in [0.25, 0.3) is 0 Å². The molecule has 0 saturated heterocycles. The van der Waals surface area contributed by atoms with Gasteiger partial charge < -0.3 is 20.3 Å².